The Hall–Kier alpha value is -3.09. The molecule has 1 amide bonds. The zero-order valence-corrected chi connectivity index (χ0v) is 13.7. The number of alkyl halides is 2. The average Bonchev–Trinajstić information content (AvgIpc) is 2.60. The van der Waals surface area contributed by atoms with Crippen molar-refractivity contribution in [2.24, 2.45) is 0 Å². The van der Waals surface area contributed by atoms with E-state index in [-0.39, 0.29) is 5.75 Å². The number of halogens is 2. The molecule has 2 aromatic carbocycles. The molecule has 132 valence electrons. The molecule has 0 aromatic heterocycles. The van der Waals surface area contributed by atoms with Gasteiger partial charge < -0.3 is 19.5 Å². The van der Waals surface area contributed by atoms with Crippen LogP contribution in [0.4, 0.5) is 14.5 Å². The molecule has 2 rings (SSSR count). The van der Waals surface area contributed by atoms with E-state index in [0.717, 1.165) is 0 Å². The van der Waals surface area contributed by atoms with Crippen LogP contribution in [0, 0.1) is 0 Å². The third-order valence-electron chi connectivity index (χ3n) is 3.21. The Bertz CT molecular complexity index is 762. The number of para-hydroxylation sites is 1. The Morgan fingerprint density at radius 1 is 1.08 bits per heavy atom. The summed E-state index contributed by atoms with van der Waals surface area (Å²) in [6, 6.07) is 11.1. The van der Waals surface area contributed by atoms with Crippen LogP contribution in [0.1, 0.15) is 5.56 Å². The Labute approximate surface area is 143 Å². The number of ether oxygens (including phenoxy) is 3. The van der Waals surface area contributed by atoms with E-state index in [4.69, 9.17) is 9.47 Å². The maximum atomic E-state index is 12.4. The first-order valence-corrected chi connectivity index (χ1v) is 7.28. The fourth-order valence-corrected chi connectivity index (χ4v) is 2.07. The zero-order valence-electron chi connectivity index (χ0n) is 13.7. The molecule has 0 saturated heterocycles. The first-order valence-electron chi connectivity index (χ1n) is 7.28. The number of carbonyl (C=O) groups excluding carboxylic acids is 1. The van der Waals surface area contributed by atoms with Crippen molar-refractivity contribution in [2.75, 3.05) is 19.5 Å². The second kappa shape index (κ2) is 8.68. The number of amides is 1. The second-order valence-corrected chi connectivity index (χ2v) is 4.81. The van der Waals surface area contributed by atoms with Crippen LogP contribution in [0.2, 0.25) is 0 Å². The molecule has 0 spiro atoms. The molecule has 0 aliphatic heterocycles. The first-order chi connectivity index (χ1) is 12.0. The fraction of sp³-hybridized carbons (Fsp3) is 0.167. The summed E-state index contributed by atoms with van der Waals surface area (Å²) in [6.45, 7) is -2.94. The average molecular weight is 349 g/mol. The molecular weight excluding hydrogens is 332 g/mol. The fourth-order valence-electron chi connectivity index (χ4n) is 2.07. The minimum atomic E-state index is -2.94. The van der Waals surface area contributed by atoms with Crippen molar-refractivity contribution in [3.8, 4) is 17.2 Å². The van der Waals surface area contributed by atoms with Crippen molar-refractivity contribution in [2.45, 2.75) is 6.61 Å². The Morgan fingerprint density at radius 3 is 2.52 bits per heavy atom. The van der Waals surface area contributed by atoms with Gasteiger partial charge in [0.25, 0.3) is 0 Å². The minimum Gasteiger partial charge on any atom is -0.497 e. The van der Waals surface area contributed by atoms with Crippen molar-refractivity contribution in [1.82, 2.24) is 0 Å². The second-order valence-electron chi connectivity index (χ2n) is 4.81. The third-order valence-corrected chi connectivity index (χ3v) is 3.21. The molecule has 0 aliphatic carbocycles. The number of hydrogen-bond acceptors (Lipinski definition) is 4. The van der Waals surface area contributed by atoms with Crippen LogP contribution in [-0.4, -0.2) is 26.7 Å². The number of nitrogens with one attached hydrogen (secondary N) is 1. The molecule has 2 aromatic rings. The van der Waals surface area contributed by atoms with Gasteiger partial charge in [0.15, 0.2) is 0 Å². The molecule has 0 fully saturated rings. The number of hydrogen-bond donors (Lipinski definition) is 1. The summed E-state index contributed by atoms with van der Waals surface area (Å²) in [5.74, 6) is 0.540. The normalized spacial score (nSPS) is 10.8. The number of anilines is 1. The lowest BCUT2D eigenvalue weighted by Gasteiger charge is -2.10. The lowest BCUT2D eigenvalue weighted by molar-refractivity contribution is -0.111. The van der Waals surface area contributed by atoms with Gasteiger partial charge in [0.05, 0.1) is 19.9 Å². The molecule has 0 aliphatic rings. The highest BCUT2D eigenvalue weighted by atomic mass is 19.3. The summed E-state index contributed by atoms with van der Waals surface area (Å²) in [7, 11) is 2.98. The minimum absolute atomic E-state index is 0.0134. The van der Waals surface area contributed by atoms with E-state index < -0.39 is 12.5 Å². The van der Waals surface area contributed by atoms with E-state index in [9.17, 15) is 13.6 Å². The van der Waals surface area contributed by atoms with Gasteiger partial charge in [-0.05, 0) is 24.3 Å². The first kappa shape index (κ1) is 18.3. The molecule has 0 saturated carbocycles. The Morgan fingerprint density at radius 2 is 1.84 bits per heavy atom. The molecule has 0 unspecified atom stereocenters. The summed E-state index contributed by atoms with van der Waals surface area (Å²) in [5, 5.41) is 2.65. The van der Waals surface area contributed by atoms with Gasteiger partial charge in [-0.25, -0.2) is 0 Å². The topological polar surface area (TPSA) is 56.8 Å². The summed E-state index contributed by atoms with van der Waals surface area (Å²) < 4.78 is 39.5. The zero-order chi connectivity index (χ0) is 18.2. The van der Waals surface area contributed by atoms with Crippen LogP contribution in [0.3, 0.4) is 0 Å². The van der Waals surface area contributed by atoms with Gasteiger partial charge in [-0.15, -0.1) is 0 Å². The smallest absolute Gasteiger partial charge is 0.387 e. The highest BCUT2D eigenvalue weighted by Crippen LogP contribution is 2.29. The highest BCUT2D eigenvalue weighted by molar-refractivity contribution is 6.03. The van der Waals surface area contributed by atoms with Gasteiger partial charge in [0.2, 0.25) is 5.91 Å². The largest absolute Gasteiger partial charge is 0.497 e. The number of methoxy groups -OCH3 is 2. The van der Waals surface area contributed by atoms with Crippen LogP contribution in [0.5, 0.6) is 17.2 Å². The van der Waals surface area contributed by atoms with Crippen LogP contribution in [-0.2, 0) is 4.79 Å². The summed E-state index contributed by atoms with van der Waals surface area (Å²) >= 11 is 0. The van der Waals surface area contributed by atoms with Crippen molar-refractivity contribution in [3.63, 3.8) is 0 Å². The maximum Gasteiger partial charge on any atom is 0.387 e. The van der Waals surface area contributed by atoms with Crippen LogP contribution in [0.25, 0.3) is 6.08 Å². The number of benzene rings is 2. The molecule has 0 atom stereocenters. The Kier molecular flexibility index (Phi) is 6.33. The van der Waals surface area contributed by atoms with Gasteiger partial charge in [-0.2, -0.15) is 8.78 Å². The lowest BCUT2D eigenvalue weighted by Crippen LogP contribution is -2.09. The van der Waals surface area contributed by atoms with E-state index >= 15 is 0 Å². The lowest BCUT2D eigenvalue weighted by atomic mass is 10.2. The summed E-state index contributed by atoms with van der Waals surface area (Å²) in [4.78, 5) is 12.1. The van der Waals surface area contributed by atoms with Gasteiger partial charge in [-0.1, -0.05) is 18.2 Å². The molecule has 5 nitrogen and oxygen atoms in total. The van der Waals surface area contributed by atoms with Crippen LogP contribution in [0.15, 0.2) is 48.5 Å². The molecule has 7 heteroatoms. The van der Waals surface area contributed by atoms with Crippen molar-refractivity contribution in [3.05, 3.63) is 54.1 Å². The highest BCUT2D eigenvalue weighted by Gasteiger charge is 2.09. The Balaban J connectivity index is 2.14. The van der Waals surface area contributed by atoms with Crippen molar-refractivity contribution < 1.29 is 27.8 Å². The summed E-state index contributed by atoms with van der Waals surface area (Å²) in [6.07, 6.45) is 2.60. The molecule has 25 heavy (non-hydrogen) atoms. The van der Waals surface area contributed by atoms with Crippen LogP contribution >= 0.6 is 0 Å². The predicted molar refractivity (Wildman–Crippen MR) is 90.3 cm³/mol. The predicted octanol–water partition coefficient (Wildman–Crippen LogP) is 3.96. The standard InChI is InChI=1S/C18H17F2NO4/c1-23-13-8-9-16(24-2)14(11-13)21-17(22)10-7-12-5-3-4-6-15(12)25-18(19)20/h3-11,18H,1-2H3,(H,21,22). The van der Waals surface area contributed by atoms with E-state index in [2.05, 4.69) is 10.1 Å². The van der Waals surface area contributed by atoms with Gasteiger partial charge >= 0.3 is 6.61 Å². The SMILES string of the molecule is COc1ccc(OC)c(NC(=O)C=Cc2ccccc2OC(F)F)c1. The van der Waals surface area contributed by atoms with Crippen LogP contribution < -0.4 is 19.5 Å². The monoisotopic (exact) mass is 349 g/mol. The van der Waals surface area contributed by atoms with Gasteiger partial charge in [-0.3, -0.25) is 4.79 Å². The maximum absolute atomic E-state index is 12.4. The van der Waals surface area contributed by atoms with E-state index in [1.54, 1.807) is 36.4 Å². The van der Waals surface area contributed by atoms with E-state index in [1.807, 2.05) is 0 Å². The van der Waals surface area contributed by atoms with Gasteiger partial charge in [0.1, 0.15) is 17.2 Å². The number of rotatable bonds is 7. The van der Waals surface area contributed by atoms with Crippen molar-refractivity contribution >= 4 is 17.7 Å². The van der Waals surface area contributed by atoms with Crippen molar-refractivity contribution in [1.29, 1.82) is 0 Å². The molecule has 0 radical (unpaired) electrons. The van der Waals surface area contributed by atoms with E-state index in [0.29, 0.717) is 22.7 Å². The van der Waals surface area contributed by atoms with Gasteiger partial charge in [0, 0.05) is 17.7 Å². The van der Waals surface area contributed by atoms with E-state index in [1.165, 1.54) is 32.4 Å². The molecule has 0 heterocycles. The molecule has 0 bridgehead atoms. The quantitative estimate of drug-likeness (QED) is 0.769. The molecule has 1 N–H and O–H groups in total. The summed E-state index contributed by atoms with van der Waals surface area (Å²) in [5.41, 5.74) is 0.782. The molecular formula is C18H17F2NO4. The number of carbonyl (C=O) groups is 1. The third kappa shape index (κ3) is 5.20.